The van der Waals surface area contributed by atoms with Crippen LogP contribution in [0.4, 0.5) is 23.1 Å². The summed E-state index contributed by atoms with van der Waals surface area (Å²) in [5, 5.41) is 18.4. The quantitative estimate of drug-likeness (QED) is 0.590. The van der Waals surface area contributed by atoms with Crippen LogP contribution in [0.1, 0.15) is 12.8 Å². The molecule has 26 heavy (non-hydrogen) atoms. The van der Waals surface area contributed by atoms with E-state index < -0.39 is 4.92 Å². The van der Waals surface area contributed by atoms with Crippen LogP contribution >= 0.6 is 11.6 Å². The second-order valence-electron chi connectivity index (χ2n) is 6.37. The third-order valence-corrected chi connectivity index (χ3v) is 4.65. The Balaban J connectivity index is 1.81. The lowest BCUT2D eigenvalue weighted by Gasteiger charge is -2.28. The third kappa shape index (κ3) is 4.59. The fraction of sp³-hybridized carbons (Fsp3) is 0.412. The molecule has 0 atom stereocenters. The summed E-state index contributed by atoms with van der Waals surface area (Å²) in [5.74, 6) is 1.12. The molecule has 0 aliphatic carbocycles. The van der Waals surface area contributed by atoms with Crippen molar-refractivity contribution in [1.82, 2.24) is 15.3 Å². The molecule has 1 fully saturated rings. The molecule has 0 bridgehead atoms. The molecule has 1 aliphatic heterocycles. The Bertz CT molecular complexity index is 764. The summed E-state index contributed by atoms with van der Waals surface area (Å²) in [6, 6.07) is 7.09. The molecule has 1 saturated heterocycles. The fourth-order valence-corrected chi connectivity index (χ4v) is 3.16. The number of piperidine rings is 1. The second kappa shape index (κ2) is 8.29. The Labute approximate surface area is 156 Å². The first-order valence-corrected chi connectivity index (χ1v) is 8.86. The number of rotatable bonds is 6. The van der Waals surface area contributed by atoms with Crippen molar-refractivity contribution in [3.05, 3.63) is 45.6 Å². The molecule has 138 valence electrons. The number of hydrogen-bond donors (Lipinski definition) is 2. The van der Waals surface area contributed by atoms with Gasteiger partial charge >= 0.3 is 5.69 Å². The Morgan fingerprint density at radius 3 is 2.69 bits per heavy atom. The van der Waals surface area contributed by atoms with Gasteiger partial charge in [-0.25, -0.2) is 4.98 Å². The SMILES string of the molecule is CN(CC1CCNCC1)c1nc(Nc2ccc(Cl)cc2)ncc1[N+](=O)[O-]. The zero-order valence-electron chi connectivity index (χ0n) is 14.5. The molecule has 1 aromatic carbocycles. The average molecular weight is 377 g/mol. The molecule has 0 unspecified atom stereocenters. The first-order chi connectivity index (χ1) is 12.5. The van der Waals surface area contributed by atoms with Gasteiger partial charge in [0.2, 0.25) is 11.8 Å². The van der Waals surface area contributed by atoms with Crippen molar-refractivity contribution >= 4 is 34.7 Å². The Morgan fingerprint density at radius 2 is 2.04 bits per heavy atom. The summed E-state index contributed by atoms with van der Waals surface area (Å²) in [6.07, 6.45) is 3.36. The average Bonchev–Trinajstić information content (AvgIpc) is 2.64. The molecule has 2 aromatic rings. The highest BCUT2D eigenvalue weighted by Gasteiger charge is 2.23. The predicted octanol–water partition coefficient (Wildman–Crippen LogP) is 3.22. The fourth-order valence-electron chi connectivity index (χ4n) is 3.04. The van der Waals surface area contributed by atoms with Crippen LogP contribution in [0.25, 0.3) is 0 Å². The lowest BCUT2D eigenvalue weighted by Crippen LogP contribution is -2.35. The molecule has 1 aromatic heterocycles. The highest BCUT2D eigenvalue weighted by molar-refractivity contribution is 6.30. The number of nitro groups is 1. The molecule has 2 heterocycles. The van der Waals surface area contributed by atoms with Crippen molar-refractivity contribution in [2.45, 2.75) is 12.8 Å². The molecule has 0 saturated carbocycles. The second-order valence-corrected chi connectivity index (χ2v) is 6.80. The van der Waals surface area contributed by atoms with Gasteiger partial charge in [0.1, 0.15) is 6.20 Å². The Kier molecular flexibility index (Phi) is 5.85. The first-order valence-electron chi connectivity index (χ1n) is 8.49. The van der Waals surface area contributed by atoms with Crippen molar-refractivity contribution in [3.63, 3.8) is 0 Å². The molecular formula is C17H21ClN6O2. The van der Waals surface area contributed by atoms with Gasteiger partial charge in [0.15, 0.2) is 0 Å². The minimum absolute atomic E-state index is 0.0944. The van der Waals surface area contributed by atoms with Crippen LogP contribution in [0.3, 0.4) is 0 Å². The number of nitrogens with zero attached hydrogens (tertiary/aromatic N) is 4. The normalized spacial score (nSPS) is 14.8. The van der Waals surface area contributed by atoms with E-state index in [0.29, 0.717) is 22.7 Å². The molecule has 0 spiro atoms. The minimum Gasteiger partial charge on any atom is -0.354 e. The smallest absolute Gasteiger partial charge is 0.329 e. The molecule has 1 aliphatic rings. The van der Waals surface area contributed by atoms with Crippen LogP contribution in [-0.4, -0.2) is 41.6 Å². The van der Waals surface area contributed by atoms with Gasteiger partial charge in [-0.3, -0.25) is 10.1 Å². The van der Waals surface area contributed by atoms with Gasteiger partial charge in [0.25, 0.3) is 0 Å². The number of nitrogens with one attached hydrogen (secondary N) is 2. The van der Waals surface area contributed by atoms with E-state index in [9.17, 15) is 10.1 Å². The van der Waals surface area contributed by atoms with E-state index in [4.69, 9.17) is 11.6 Å². The van der Waals surface area contributed by atoms with Gasteiger partial charge in [-0.2, -0.15) is 4.98 Å². The summed E-state index contributed by atoms with van der Waals surface area (Å²) in [7, 11) is 1.84. The summed E-state index contributed by atoms with van der Waals surface area (Å²) in [5.41, 5.74) is 0.665. The van der Waals surface area contributed by atoms with E-state index in [1.165, 1.54) is 6.20 Å². The van der Waals surface area contributed by atoms with Crippen molar-refractivity contribution < 1.29 is 4.92 Å². The maximum Gasteiger partial charge on any atom is 0.329 e. The van der Waals surface area contributed by atoms with Gasteiger partial charge in [0, 0.05) is 24.3 Å². The summed E-state index contributed by atoms with van der Waals surface area (Å²) in [4.78, 5) is 21.2. The van der Waals surface area contributed by atoms with Gasteiger partial charge in [0.05, 0.1) is 4.92 Å². The zero-order valence-corrected chi connectivity index (χ0v) is 15.2. The van der Waals surface area contributed by atoms with Crippen LogP contribution < -0.4 is 15.5 Å². The van der Waals surface area contributed by atoms with E-state index in [-0.39, 0.29) is 5.69 Å². The summed E-state index contributed by atoms with van der Waals surface area (Å²) >= 11 is 5.88. The third-order valence-electron chi connectivity index (χ3n) is 4.40. The highest BCUT2D eigenvalue weighted by Crippen LogP contribution is 2.28. The van der Waals surface area contributed by atoms with Gasteiger partial charge in [-0.15, -0.1) is 0 Å². The molecule has 0 radical (unpaired) electrons. The highest BCUT2D eigenvalue weighted by atomic mass is 35.5. The Morgan fingerprint density at radius 1 is 1.35 bits per heavy atom. The van der Waals surface area contributed by atoms with E-state index in [0.717, 1.165) is 38.2 Å². The first kappa shape index (κ1) is 18.3. The van der Waals surface area contributed by atoms with Crippen LogP contribution in [0.2, 0.25) is 5.02 Å². The van der Waals surface area contributed by atoms with Crippen LogP contribution in [0.5, 0.6) is 0 Å². The van der Waals surface area contributed by atoms with E-state index in [1.54, 1.807) is 24.3 Å². The topological polar surface area (TPSA) is 96.2 Å². The Hall–Kier alpha value is -2.45. The van der Waals surface area contributed by atoms with Crippen molar-refractivity contribution in [2.75, 3.05) is 36.9 Å². The molecular weight excluding hydrogens is 356 g/mol. The summed E-state index contributed by atoms with van der Waals surface area (Å²) < 4.78 is 0. The largest absolute Gasteiger partial charge is 0.354 e. The van der Waals surface area contributed by atoms with E-state index >= 15 is 0 Å². The lowest BCUT2D eigenvalue weighted by molar-refractivity contribution is -0.384. The predicted molar refractivity (Wildman–Crippen MR) is 102 cm³/mol. The standard InChI is InChI=1S/C17H21ClN6O2/c1-23(11-12-6-8-19-9-7-12)16-15(24(25)26)10-20-17(22-16)21-14-4-2-13(18)3-5-14/h2-5,10,12,19H,6-9,11H2,1H3,(H,20,21,22). The number of aromatic nitrogens is 2. The zero-order chi connectivity index (χ0) is 18.5. The molecule has 0 amide bonds. The number of benzene rings is 1. The molecule has 3 rings (SSSR count). The summed E-state index contributed by atoms with van der Waals surface area (Å²) in [6.45, 7) is 2.68. The maximum atomic E-state index is 11.4. The lowest BCUT2D eigenvalue weighted by atomic mass is 9.98. The van der Waals surface area contributed by atoms with Crippen LogP contribution in [-0.2, 0) is 0 Å². The van der Waals surface area contributed by atoms with E-state index in [2.05, 4.69) is 20.6 Å². The number of hydrogen-bond acceptors (Lipinski definition) is 7. The molecule has 2 N–H and O–H groups in total. The van der Waals surface area contributed by atoms with E-state index in [1.807, 2.05) is 11.9 Å². The van der Waals surface area contributed by atoms with Crippen LogP contribution in [0, 0.1) is 16.0 Å². The number of anilines is 3. The minimum atomic E-state index is -0.444. The molecule has 8 nitrogen and oxygen atoms in total. The van der Waals surface area contributed by atoms with Crippen molar-refractivity contribution in [1.29, 1.82) is 0 Å². The van der Waals surface area contributed by atoms with Gasteiger partial charge in [-0.1, -0.05) is 11.6 Å². The van der Waals surface area contributed by atoms with Gasteiger partial charge < -0.3 is 15.5 Å². The monoisotopic (exact) mass is 376 g/mol. The van der Waals surface area contributed by atoms with Crippen molar-refractivity contribution in [2.24, 2.45) is 5.92 Å². The van der Waals surface area contributed by atoms with Gasteiger partial charge in [-0.05, 0) is 56.1 Å². The maximum absolute atomic E-state index is 11.4. The van der Waals surface area contributed by atoms with Crippen molar-refractivity contribution in [3.8, 4) is 0 Å². The number of halogens is 1. The van der Waals surface area contributed by atoms with Crippen LogP contribution in [0.15, 0.2) is 30.5 Å². The molecule has 9 heteroatoms.